The maximum Gasteiger partial charge on any atom is -0.870 e. The summed E-state index contributed by atoms with van der Waals surface area (Å²) in [6.45, 7) is 0.838. The van der Waals surface area contributed by atoms with Crippen molar-refractivity contribution in [1.29, 1.82) is 0 Å². The molecule has 2 aromatic rings. The van der Waals surface area contributed by atoms with E-state index in [1.54, 1.807) is 0 Å². The normalized spacial score (nSPS) is 8.82. The Balaban J connectivity index is 0.00000128. The summed E-state index contributed by atoms with van der Waals surface area (Å²) < 4.78 is 0. The van der Waals surface area contributed by atoms with Crippen LogP contribution >= 0.6 is 0 Å². The van der Waals surface area contributed by atoms with E-state index < -0.39 is 0 Å². The first kappa shape index (κ1) is 15.2. The van der Waals surface area contributed by atoms with Crippen LogP contribution in [0.1, 0.15) is 5.56 Å². The van der Waals surface area contributed by atoms with E-state index in [0.29, 0.717) is 0 Å². The fourth-order valence-corrected chi connectivity index (χ4v) is 1.40. The van der Waals surface area contributed by atoms with Crippen LogP contribution in [0.4, 0.5) is 5.69 Å². The zero-order valence-corrected chi connectivity index (χ0v) is 9.38. The predicted molar refractivity (Wildman–Crippen MR) is 69.5 cm³/mol. The Kier molecular flexibility index (Phi) is 6.71. The molecule has 0 aliphatic heterocycles. The summed E-state index contributed by atoms with van der Waals surface area (Å²) in [6.07, 6.45) is 0. The van der Waals surface area contributed by atoms with E-state index in [-0.39, 0.29) is 11.0 Å². The summed E-state index contributed by atoms with van der Waals surface area (Å²) in [5.74, 6) is 0. The third-order valence-electron chi connectivity index (χ3n) is 2.25. The largest absolute Gasteiger partial charge is 0.870 e. The van der Waals surface area contributed by atoms with Crippen LogP contribution in [0.25, 0.3) is 0 Å². The van der Waals surface area contributed by atoms with Gasteiger partial charge in [-0.15, -0.1) is 0 Å². The topological polar surface area (TPSA) is 72.0 Å². The van der Waals surface area contributed by atoms with Gasteiger partial charge in [0.15, 0.2) is 0 Å². The molecule has 0 radical (unpaired) electrons. The van der Waals surface area contributed by atoms with Crippen molar-refractivity contribution in [2.75, 3.05) is 5.32 Å². The van der Waals surface area contributed by atoms with Crippen molar-refractivity contribution in [2.24, 2.45) is 0 Å². The zero-order chi connectivity index (χ0) is 10.5. The minimum atomic E-state index is 0. The Morgan fingerprint density at radius 3 is 2.00 bits per heavy atom. The quantitative estimate of drug-likeness (QED) is 0.811. The number of hydrogen-bond acceptors (Lipinski definition) is 3. The van der Waals surface area contributed by atoms with Gasteiger partial charge in [0.25, 0.3) is 0 Å². The summed E-state index contributed by atoms with van der Waals surface area (Å²) in [7, 11) is 5.61. The summed E-state index contributed by atoms with van der Waals surface area (Å²) in [4.78, 5) is 0. The molecule has 0 aliphatic rings. The second-order valence-corrected chi connectivity index (χ2v) is 3.46. The van der Waals surface area contributed by atoms with Gasteiger partial charge < -0.3 is 11.0 Å². The molecule has 86 valence electrons. The van der Waals surface area contributed by atoms with Crippen LogP contribution in [0.5, 0.6) is 0 Å². The van der Waals surface area contributed by atoms with Gasteiger partial charge in [0.2, 0.25) is 0 Å². The molecule has 0 amide bonds. The van der Waals surface area contributed by atoms with Crippen molar-refractivity contribution in [3.8, 4) is 0 Å². The number of hydrogen-bond donors (Lipinski definition) is 1. The Morgan fingerprint density at radius 1 is 0.824 bits per heavy atom. The Labute approximate surface area is 103 Å². The van der Waals surface area contributed by atoms with Gasteiger partial charge in [0.05, 0.1) is 0 Å². The molecule has 4 heteroatoms. The molecule has 0 aliphatic carbocycles. The second kappa shape index (κ2) is 7.49. The molecule has 0 atom stereocenters. The van der Waals surface area contributed by atoms with Gasteiger partial charge in [-0.25, -0.2) is 0 Å². The summed E-state index contributed by atoms with van der Waals surface area (Å²) in [5, 5.41) is 3.33. The Bertz CT molecular complexity index is 417. The minimum Gasteiger partial charge on any atom is -0.870 e. The van der Waals surface area contributed by atoms with Crippen molar-refractivity contribution in [2.45, 2.75) is 6.54 Å². The molecule has 2 aromatic carbocycles. The Hall–Kier alpha value is -1.78. The molecule has 3 nitrogen and oxygen atoms in total. The number of rotatable bonds is 3. The standard InChI is InChI=1S/C13H12BN.2H2O/c14-12-6-8-13(9-7-12)15-10-11-4-2-1-3-5-11;;/h1-9,15H,10H2;2*1H2/q+2;;/p-2. The minimum absolute atomic E-state index is 0. The second-order valence-electron chi connectivity index (χ2n) is 3.46. The SMILES string of the molecule is [B+2]c1ccc(NCc2ccccc2)cc1.[OH-].[OH-]. The van der Waals surface area contributed by atoms with Gasteiger partial charge in [-0.05, 0) is 0 Å². The molecule has 0 unspecified atom stereocenters. The van der Waals surface area contributed by atoms with Crippen LogP contribution in [-0.4, -0.2) is 18.8 Å². The van der Waals surface area contributed by atoms with Gasteiger partial charge in [-0.1, -0.05) is 0 Å². The molecule has 17 heavy (non-hydrogen) atoms. The third kappa shape index (κ3) is 4.72. The first-order valence-electron chi connectivity index (χ1n) is 4.98. The maximum absolute atomic E-state index is 5.61. The van der Waals surface area contributed by atoms with E-state index >= 15 is 0 Å². The fourth-order valence-electron chi connectivity index (χ4n) is 1.40. The monoisotopic (exact) mass is 227 g/mol. The Morgan fingerprint density at radius 2 is 1.41 bits per heavy atom. The van der Waals surface area contributed by atoms with Crippen molar-refractivity contribution in [3.05, 3.63) is 60.2 Å². The molecular formula is C13H14BNO2. The predicted octanol–water partition coefficient (Wildman–Crippen LogP) is 1.74. The third-order valence-corrected chi connectivity index (χ3v) is 2.25. The van der Waals surface area contributed by atoms with E-state index in [2.05, 4.69) is 17.4 Å². The van der Waals surface area contributed by atoms with E-state index in [4.69, 9.17) is 7.85 Å². The summed E-state index contributed by atoms with van der Waals surface area (Å²) in [5.41, 5.74) is 3.16. The smallest absolute Gasteiger partial charge is 0.870 e. The van der Waals surface area contributed by atoms with Gasteiger partial charge >= 0.3 is 91.0 Å². The van der Waals surface area contributed by atoms with Crippen molar-refractivity contribution < 1.29 is 11.0 Å². The number of benzene rings is 2. The fraction of sp³-hybridized carbons (Fsp3) is 0.0769. The molecule has 0 bridgehead atoms. The molecule has 0 aromatic heterocycles. The van der Waals surface area contributed by atoms with Gasteiger partial charge in [-0.2, -0.15) is 0 Å². The van der Waals surface area contributed by atoms with Crippen molar-refractivity contribution in [3.63, 3.8) is 0 Å². The molecular weight excluding hydrogens is 213 g/mol. The number of nitrogens with one attached hydrogen (secondary N) is 1. The zero-order valence-electron chi connectivity index (χ0n) is 9.38. The van der Waals surface area contributed by atoms with E-state index in [9.17, 15) is 0 Å². The van der Waals surface area contributed by atoms with Crippen LogP contribution in [-0.2, 0) is 6.54 Å². The van der Waals surface area contributed by atoms with E-state index in [0.717, 1.165) is 17.7 Å². The van der Waals surface area contributed by atoms with Crippen LogP contribution in [0.3, 0.4) is 0 Å². The summed E-state index contributed by atoms with van der Waals surface area (Å²) in [6, 6.07) is 18.1. The molecule has 0 saturated heterocycles. The maximum atomic E-state index is 5.61. The molecule has 0 heterocycles. The van der Waals surface area contributed by atoms with Crippen LogP contribution in [0.2, 0.25) is 0 Å². The first-order chi connectivity index (χ1) is 7.34. The van der Waals surface area contributed by atoms with Crippen LogP contribution in [0.15, 0.2) is 54.6 Å². The average Bonchev–Trinajstić information content (AvgIpc) is 2.30. The van der Waals surface area contributed by atoms with Gasteiger partial charge in [-0.3, -0.25) is 0 Å². The van der Waals surface area contributed by atoms with Gasteiger partial charge in [0.1, 0.15) is 0 Å². The number of anilines is 1. The average molecular weight is 227 g/mol. The molecule has 0 spiro atoms. The van der Waals surface area contributed by atoms with Gasteiger partial charge in [0, 0.05) is 0 Å². The molecule has 3 N–H and O–H groups in total. The molecule has 2 rings (SSSR count). The summed E-state index contributed by atoms with van der Waals surface area (Å²) >= 11 is 0. The van der Waals surface area contributed by atoms with Crippen molar-refractivity contribution in [1.82, 2.24) is 0 Å². The molecule has 0 fully saturated rings. The first-order valence-corrected chi connectivity index (χ1v) is 4.98. The van der Waals surface area contributed by atoms with Crippen LogP contribution < -0.4 is 10.8 Å². The molecule has 0 saturated carbocycles. The van der Waals surface area contributed by atoms with Crippen LogP contribution in [0, 0.1) is 0 Å². The van der Waals surface area contributed by atoms with Crippen molar-refractivity contribution >= 4 is 19.0 Å². The van der Waals surface area contributed by atoms with E-state index in [1.165, 1.54) is 5.56 Å². The van der Waals surface area contributed by atoms with E-state index in [1.807, 2.05) is 42.5 Å².